The molecule has 0 aliphatic rings. The summed E-state index contributed by atoms with van der Waals surface area (Å²) in [5.74, 6) is 1.02. The SMILES string of the molecule is Nc1cc(Br)nc(NCCc2cccs2)n1. The van der Waals surface area contributed by atoms with E-state index >= 15 is 0 Å². The Morgan fingerprint density at radius 2 is 2.31 bits per heavy atom. The Labute approximate surface area is 106 Å². The van der Waals surface area contributed by atoms with Gasteiger partial charge in [-0.1, -0.05) is 6.07 Å². The maximum atomic E-state index is 5.61. The summed E-state index contributed by atoms with van der Waals surface area (Å²) in [6, 6.07) is 5.83. The van der Waals surface area contributed by atoms with Crippen molar-refractivity contribution in [3.8, 4) is 0 Å². The highest BCUT2D eigenvalue weighted by molar-refractivity contribution is 9.10. The molecule has 2 rings (SSSR count). The first-order valence-electron chi connectivity index (χ1n) is 4.80. The number of nitrogens with one attached hydrogen (secondary N) is 1. The summed E-state index contributed by atoms with van der Waals surface area (Å²) >= 11 is 5.02. The van der Waals surface area contributed by atoms with E-state index in [9.17, 15) is 0 Å². The van der Waals surface area contributed by atoms with Gasteiger partial charge in [0.2, 0.25) is 5.95 Å². The fraction of sp³-hybridized carbons (Fsp3) is 0.200. The molecule has 2 aromatic heterocycles. The Balaban J connectivity index is 1.89. The van der Waals surface area contributed by atoms with Crippen LogP contribution in [0, 0.1) is 0 Å². The van der Waals surface area contributed by atoms with Gasteiger partial charge in [-0.25, -0.2) is 4.98 Å². The van der Waals surface area contributed by atoms with Crippen LogP contribution in [-0.2, 0) is 6.42 Å². The van der Waals surface area contributed by atoms with Crippen LogP contribution in [-0.4, -0.2) is 16.5 Å². The molecule has 3 N–H and O–H groups in total. The summed E-state index contributed by atoms with van der Waals surface area (Å²) < 4.78 is 0.693. The van der Waals surface area contributed by atoms with E-state index in [1.165, 1.54) is 4.88 Å². The van der Waals surface area contributed by atoms with E-state index in [1.807, 2.05) is 6.07 Å². The van der Waals surface area contributed by atoms with Crippen LogP contribution < -0.4 is 11.1 Å². The minimum Gasteiger partial charge on any atom is -0.383 e. The summed E-state index contributed by atoms with van der Waals surface area (Å²) in [7, 11) is 0. The number of aromatic nitrogens is 2. The molecular weight excluding hydrogens is 288 g/mol. The van der Waals surface area contributed by atoms with Crippen molar-refractivity contribution in [1.82, 2.24) is 9.97 Å². The lowest BCUT2D eigenvalue weighted by molar-refractivity contribution is 0.997. The van der Waals surface area contributed by atoms with Gasteiger partial charge in [-0.15, -0.1) is 11.3 Å². The summed E-state index contributed by atoms with van der Waals surface area (Å²) in [4.78, 5) is 9.60. The predicted octanol–water partition coefficient (Wildman–Crippen LogP) is 2.54. The van der Waals surface area contributed by atoms with Crippen molar-refractivity contribution in [2.24, 2.45) is 0 Å². The monoisotopic (exact) mass is 298 g/mol. The number of rotatable bonds is 4. The number of hydrogen-bond acceptors (Lipinski definition) is 5. The van der Waals surface area contributed by atoms with Crippen LogP contribution in [0.5, 0.6) is 0 Å². The van der Waals surface area contributed by atoms with Crippen molar-refractivity contribution in [1.29, 1.82) is 0 Å². The molecule has 2 heterocycles. The highest BCUT2D eigenvalue weighted by atomic mass is 79.9. The molecular formula is C10H11BrN4S. The maximum absolute atomic E-state index is 5.61. The number of nitrogens with zero attached hydrogens (tertiary/aromatic N) is 2. The van der Waals surface area contributed by atoms with Crippen LogP contribution >= 0.6 is 27.3 Å². The van der Waals surface area contributed by atoms with Crippen LogP contribution in [0.15, 0.2) is 28.2 Å². The largest absolute Gasteiger partial charge is 0.383 e. The van der Waals surface area contributed by atoms with Gasteiger partial charge in [0.1, 0.15) is 10.4 Å². The van der Waals surface area contributed by atoms with Crippen LogP contribution in [0.4, 0.5) is 11.8 Å². The highest BCUT2D eigenvalue weighted by Gasteiger charge is 2.00. The second-order valence-electron chi connectivity index (χ2n) is 3.20. The lowest BCUT2D eigenvalue weighted by Crippen LogP contribution is -2.08. The first-order chi connectivity index (χ1) is 7.74. The van der Waals surface area contributed by atoms with Crippen molar-refractivity contribution in [2.75, 3.05) is 17.6 Å². The zero-order valence-corrected chi connectivity index (χ0v) is 10.9. The van der Waals surface area contributed by atoms with E-state index in [-0.39, 0.29) is 0 Å². The summed E-state index contributed by atoms with van der Waals surface area (Å²) in [6.07, 6.45) is 0.966. The van der Waals surface area contributed by atoms with E-state index in [4.69, 9.17) is 5.73 Å². The van der Waals surface area contributed by atoms with Gasteiger partial charge in [0.25, 0.3) is 0 Å². The molecule has 2 aromatic rings. The number of nitrogen functional groups attached to an aromatic ring is 1. The molecule has 0 amide bonds. The number of nitrogens with two attached hydrogens (primary N) is 1. The zero-order valence-electron chi connectivity index (χ0n) is 8.48. The van der Waals surface area contributed by atoms with Gasteiger partial charge in [0.15, 0.2) is 0 Å². The average molecular weight is 299 g/mol. The normalized spacial score (nSPS) is 10.3. The summed E-state index contributed by atoms with van der Waals surface area (Å²) in [5, 5.41) is 5.21. The smallest absolute Gasteiger partial charge is 0.225 e. The molecule has 0 bridgehead atoms. The van der Waals surface area contributed by atoms with Gasteiger partial charge in [0.05, 0.1) is 0 Å². The van der Waals surface area contributed by atoms with E-state index < -0.39 is 0 Å². The van der Waals surface area contributed by atoms with Gasteiger partial charge >= 0.3 is 0 Å². The molecule has 0 fully saturated rings. The fourth-order valence-corrected chi connectivity index (χ4v) is 2.38. The van der Waals surface area contributed by atoms with Crippen molar-refractivity contribution in [3.05, 3.63) is 33.1 Å². The third-order valence-electron chi connectivity index (χ3n) is 1.95. The van der Waals surface area contributed by atoms with Crippen molar-refractivity contribution in [3.63, 3.8) is 0 Å². The van der Waals surface area contributed by atoms with Gasteiger partial charge in [-0.2, -0.15) is 4.98 Å². The van der Waals surface area contributed by atoms with Crippen molar-refractivity contribution in [2.45, 2.75) is 6.42 Å². The third-order valence-corrected chi connectivity index (χ3v) is 3.29. The predicted molar refractivity (Wildman–Crippen MR) is 70.7 cm³/mol. The quantitative estimate of drug-likeness (QED) is 0.852. The second-order valence-corrected chi connectivity index (χ2v) is 5.04. The lowest BCUT2D eigenvalue weighted by Gasteiger charge is -2.04. The Morgan fingerprint density at radius 3 is 3.00 bits per heavy atom. The molecule has 0 unspecified atom stereocenters. The van der Waals surface area contributed by atoms with Gasteiger partial charge in [-0.05, 0) is 33.8 Å². The van der Waals surface area contributed by atoms with Gasteiger partial charge in [0, 0.05) is 17.5 Å². The highest BCUT2D eigenvalue weighted by Crippen LogP contribution is 2.13. The summed E-state index contributed by atoms with van der Waals surface area (Å²) in [6.45, 7) is 0.802. The van der Waals surface area contributed by atoms with Crippen LogP contribution in [0.25, 0.3) is 0 Å². The minimum absolute atomic E-state index is 0.459. The number of halogens is 1. The van der Waals surface area contributed by atoms with E-state index in [0.29, 0.717) is 16.4 Å². The minimum atomic E-state index is 0.459. The molecule has 4 nitrogen and oxygen atoms in total. The topological polar surface area (TPSA) is 63.8 Å². The van der Waals surface area contributed by atoms with Gasteiger partial charge < -0.3 is 11.1 Å². The molecule has 0 saturated carbocycles. The first kappa shape index (κ1) is 11.3. The van der Waals surface area contributed by atoms with Crippen LogP contribution in [0.3, 0.4) is 0 Å². The first-order valence-corrected chi connectivity index (χ1v) is 6.47. The molecule has 0 aliphatic carbocycles. The second kappa shape index (κ2) is 5.27. The average Bonchev–Trinajstić information content (AvgIpc) is 2.69. The zero-order chi connectivity index (χ0) is 11.4. The Hall–Kier alpha value is -1.14. The maximum Gasteiger partial charge on any atom is 0.225 e. The van der Waals surface area contributed by atoms with E-state index in [1.54, 1.807) is 17.4 Å². The fourth-order valence-electron chi connectivity index (χ4n) is 1.27. The number of hydrogen-bond donors (Lipinski definition) is 2. The molecule has 84 valence electrons. The molecule has 6 heteroatoms. The molecule has 16 heavy (non-hydrogen) atoms. The Kier molecular flexibility index (Phi) is 3.74. The van der Waals surface area contributed by atoms with Gasteiger partial charge in [-0.3, -0.25) is 0 Å². The molecule has 0 atom stereocenters. The molecule has 0 radical (unpaired) electrons. The number of anilines is 2. The molecule has 0 aliphatic heterocycles. The summed E-state index contributed by atoms with van der Waals surface area (Å²) in [5.41, 5.74) is 5.61. The van der Waals surface area contributed by atoms with E-state index in [2.05, 4.69) is 42.7 Å². The Morgan fingerprint density at radius 1 is 1.44 bits per heavy atom. The van der Waals surface area contributed by atoms with E-state index in [0.717, 1.165) is 13.0 Å². The van der Waals surface area contributed by atoms with Crippen LogP contribution in [0.2, 0.25) is 0 Å². The molecule has 0 saturated heterocycles. The molecule has 0 aromatic carbocycles. The molecule has 0 spiro atoms. The van der Waals surface area contributed by atoms with Crippen molar-refractivity contribution < 1.29 is 0 Å². The lowest BCUT2D eigenvalue weighted by atomic mass is 10.3. The Bertz CT molecular complexity index is 438. The third kappa shape index (κ3) is 3.18. The number of thiophene rings is 1. The van der Waals surface area contributed by atoms with Crippen LogP contribution in [0.1, 0.15) is 4.88 Å². The van der Waals surface area contributed by atoms with Crippen molar-refractivity contribution >= 4 is 39.0 Å². The standard InChI is InChI=1S/C10H11BrN4S/c11-8-6-9(12)15-10(14-8)13-4-3-7-2-1-5-16-7/h1-2,5-6H,3-4H2,(H3,12,13,14,15).